The van der Waals surface area contributed by atoms with Gasteiger partial charge in [-0.05, 0) is 33.9 Å². The Labute approximate surface area is 94.6 Å². The number of likely N-dealkylation sites (N-methyl/N-ethyl adjacent to an activating group) is 1. The average molecular weight is 263 g/mol. The largest absolute Gasteiger partial charge is 0.340 e. The molecule has 2 atom stereocenters. The summed E-state index contributed by atoms with van der Waals surface area (Å²) in [6.07, 6.45) is 2.32. The van der Waals surface area contributed by atoms with E-state index in [1.807, 2.05) is 11.8 Å². The van der Waals surface area contributed by atoms with Crippen molar-refractivity contribution in [2.75, 3.05) is 27.2 Å². The second-order valence-corrected chi connectivity index (χ2v) is 5.53. The molecule has 0 aromatic carbocycles. The maximum Gasteiger partial charge on any atom is 0.236 e. The number of rotatable bonds is 2. The highest BCUT2D eigenvalue weighted by Gasteiger charge is 2.26. The van der Waals surface area contributed by atoms with Gasteiger partial charge in [-0.15, -0.1) is 0 Å². The van der Waals surface area contributed by atoms with E-state index in [1.54, 1.807) is 0 Å². The van der Waals surface area contributed by atoms with Crippen LogP contribution in [0.2, 0.25) is 0 Å². The van der Waals surface area contributed by atoms with E-state index in [0.29, 0.717) is 6.04 Å². The molecule has 2 unspecified atom stereocenters. The van der Waals surface area contributed by atoms with Gasteiger partial charge in [0.25, 0.3) is 0 Å². The van der Waals surface area contributed by atoms with Gasteiger partial charge in [-0.2, -0.15) is 0 Å². The van der Waals surface area contributed by atoms with Crippen molar-refractivity contribution < 1.29 is 4.79 Å². The lowest BCUT2D eigenvalue weighted by molar-refractivity contribution is -0.132. The van der Waals surface area contributed by atoms with Crippen LogP contribution >= 0.6 is 15.9 Å². The lowest BCUT2D eigenvalue weighted by Gasteiger charge is -2.36. The first-order chi connectivity index (χ1) is 6.52. The van der Waals surface area contributed by atoms with Crippen LogP contribution in [0, 0.1) is 0 Å². The van der Waals surface area contributed by atoms with E-state index in [9.17, 15) is 4.79 Å². The summed E-state index contributed by atoms with van der Waals surface area (Å²) in [4.78, 5) is 15.8. The number of alkyl halides is 1. The highest BCUT2D eigenvalue weighted by atomic mass is 79.9. The third kappa shape index (κ3) is 2.95. The number of carbonyl (C=O) groups is 1. The number of hydrogen-bond donors (Lipinski definition) is 0. The van der Waals surface area contributed by atoms with Gasteiger partial charge in [-0.25, -0.2) is 0 Å². The molecular formula is C10H19BrN2O. The molecule has 0 aliphatic carbocycles. The van der Waals surface area contributed by atoms with Crippen molar-refractivity contribution in [3.63, 3.8) is 0 Å². The van der Waals surface area contributed by atoms with Crippen molar-refractivity contribution in [2.24, 2.45) is 0 Å². The normalized spacial score (nSPS) is 25.2. The second-order valence-electron chi connectivity index (χ2n) is 4.16. The Kier molecular flexibility index (Phi) is 4.38. The maximum atomic E-state index is 11.7. The molecule has 0 N–H and O–H groups in total. The number of carbonyl (C=O) groups excluding carboxylic acids is 1. The topological polar surface area (TPSA) is 23.6 Å². The van der Waals surface area contributed by atoms with Crippen molar-refractivity contribution in [1.82, 2.24) is 9.80 Å². The fraction of sp³-hybridized carbons (Fsp3) is 0.900. The Balaban J connectivity index is 2.51. The lowest BCUT2D eigenvalue weighted by atomic mass is 10.0. The van der Waals surface area contributed by atoms with Crippen LogP contribution in [0.4, 0.5) is 0 Å². The number of halogens is 1. The summed E-state index contributed by atoms with van der Waals surface area (Å²) in [5, 5.41) is 0. The molecule has 0 saturated carbocycles. The highest BCUT2D eigenvalue weighted by molar-refractivity contribution is 9.10. The number of piperidine rings is 1. The van der Waals surface area contributed by atoms with Gasteiger partial charge in [-0.3, -0.25) is 4.79 Å². The number of amides is 1. The standard InChI is InChI=1S/C10H19BrN2O/c1-8(11)10(14)13-6-4-5-9(7-13)12(2)3/h8-9H,4-7H2,1-3H3. The SMILES string of the molecule is CC(Br)C(=O)N1CCCC(N(C)C)C1. The van der Waals surface area contributed by atoms with Gasteiger partial charge in [0, 0.05) is 19.1 Å². The predicted octanol–water partition coefficient (Wildman–Crippen LogP) is 1.32. The Morgan fingerprint density at radius 3 is 2.71 bits per heavy atom. The molecular weight excluding hydrogens is 244 g/mol. The number of likely N-dealkylation sites (tertiary alicyclic amines) is 1. The fourth-order valence-electron chi connectivity index (χ4n) is 1.83. The van der Waals surface area contributed by atoms with Crippen LogP contribution in [0.5, 0.6) is 0 Å². The summed E-state index contributed by atoms with van der Waals surface area (Å²) in [5.41, 5.74) is 0. The Morgan fingerprint density at radius 2 is 2.21 bits per heavy atom. The second kappa shape index (κ2) is 5.12. The van der Waals surface area contributed by atoms with Crippen LogP contribution in [0.25, 0.3) is 0 Å². The van der Waals surface area contributed by atoms with Gasteiger partial charge in [0.1, 0.15) is 0 Å². The molecule has 0 radical (unpaired) electrons. The molecule has 0 spiro atoms. The minimum absolute atomic E-state index is 0.0524. The zero-order valence-corrected chi connectivity index (χ0v) is 10.7. The van der Waals surface area contributed by atoms with Gasteiger partial charge < -0.3 is 9.80 Å². The Morgan fingerprint density at radius 1 is 1.57 bits per heavy atom. The van der Waals surface area contributed by atoms with Crippen molar-refractivity contribution in [3.05, 3.63) is 0 Å². The number of nitrogens with zero attached hydrogens (tertiary/aromatic N) is 2. The Hall–Kier alpha value is -0.0900. The summed E-state index contributed by atoms with van der Waals surface area (Å²) in [6, 6.07) is 0.527. The number of hydrogen-bond acceptors (Lipinski definition) is 2. The Bertz CT molecular complexity index is 206. The van der Waals surface area contributed by atoms with E-state index in [2.05, 4.69) is 34.9 Å². The van der Waals surface area contributed by atoms with Gasteiger partial charge in [0.2, 0.25) is 5.91 Å². The van der Waals surface area contributed by atoms with E-state index in [-0.39, 0.29) is 10.7 Å². The van der Waals surface area contributed by atoms with Crippen LogP contribution < -0.4 is 0 Å². The van der Waals surface area contributed by atoms with Crippen molar-refractivity contribution >= 4 is 21.8 Å². The fourth-order valence-corrected chi connectivity index (χ4v) is 2.12. The third-order valence-corrected chi connectivity index (χ3v) is 3.17. The molecule has 1 aliphatic heterocycles. The molecule has 1 aliphatic rings. The minimum atomic E-state index is -0.0524. The molecule has 1 amide bonds. The summed E-state index contributed by atoms with van der Waals surface area (Å²) in [6.45, 7) is 3.68. The van der Waals surface area contributed by atoms with E-state index in [0.717, 1.165) is 19.5 Å². The van der Waals surface area contributed by atoms with Crippen molar-refractivity contribution in [1.29, 1.82) is 0 Å². The zero-order valence-electron chi connectivity index (χ0n) is 9.16. The summed E-state index contributed by atoms with van der Waals surface area (Å²) >= 11 is 3.33. The van der Waals surface area contributed by atoms with Gasteiger partial charge >= 0.3 is 0 Å². The van der Waals surface area contributed by atoms with Crippen LogP contribution in [0.1, 0.15) is 19.8 Å². The summed E-state index contributed by atoms with van der Waals surface area (Å²) < 4.78 is 0. The van der Waals surface area contributed by atoms with E-state index in [4.69, 9.17) is 0 Å². The van der Waals surface area contributed by atoms with Crippen molar-refractivity contribution in [2.45, 2.75) is 30.6 Å². The first kappa shape index (κ1) is 12.0. The molecule has 82 valence electrons. The molecule has 1 fully saturated rings. The molecule has 1 rings (SSSR count). The molecule has 1 heterocycles. The third-order valence-electron chi connectivity index (χ3n) is 2.78. The molecule has 0 aromatic heterocycles. The summed E-state index contributed by atoms with van der Waals surface area (Å²) in [7, 11) is 4.16. The quantitative estimate of drug-likeness (QED) is 0.701. The van der Waals surface area contributed by atoms with Crippen LogP contribution in [-0.2, 0) is 4.79 Å². The predicted molar refractivity (Wildman–Crippen MR) is 61.7 cm³/mol. The zero-order chi connectivity index (χ0) is 10.7. The van der Waals surface area contributed by atoms with Gasteiger partial charge in [0.15, 0.2) is 0 Å². The molecule has 3 nitrogen and oxygen atoms in total. The maximum absolute atomic E-state index is 11.7. The lowest BCUT2D eigenvalue weighted by Crippen LogP contribution is -2.49. The van der Waals surface area contributed by atoms with Crippen LogP contribution in [0.15, 0.2) is 0 Å². The average Bonchev–Trinajstić information content (AvgIpc) is 2.16. The van der Waals surface area contributed by atoms with Crippen LogP contribution in [0.3, 0.4) is 0 Å². The van der Waals surface area contributed by atoms with E-state index in [1.165, 1.54) is 6.42 Å². The van der Waals surface area contributed by atoms with Crippen LogP contribution in [-0.4, -0.2) is 53.8 Å². The smallest absolute Gasteiger partial charge is 0.236 e. The van der Waals surface area contributed by atoms with E-state index >= 15 is 0 Å². The van der Waals surface area contributed by atoms with Gasteiger partial charge in [-0.1, -0.05) is 15.9 Å². The molecule has 14 heavy (non-hydrogen) atoms. The van der Waals surface area contributed by atoms with Crippen molar-refractivity contribution in [3.8, 4) is 0 Å². The molecule has 4 heteroatoms. The molecule has 0 bridgehead atoms. The molecule has 0 aromatic rings. The first-order valence-corrected chi connectivity index (χ1v) is 6.03. The van der Waals surface area contributed by atoms with E-state index < -0.39 is 0 Å². The highest BCUT2D eigenvalue weighted by Crippen LogP contribution is 2.16. The van der Waals surface area contributed by atoms with Gasteiger partial charge in [0.05, 0.1) is 4.83 Å². The first-order valence-electron chi connectivity index (χ1n) is 5.11. The molecule has 1 saturated heterocycles. The monoisotopic (exact) mass is 262 g/mol. The minimum Gasteiger partial charge on any atom is -0.340 e. The summed E-state index contributed by atoms with van der Waals surface area (Å²) in [5.74, 6) is 0.219.